The van der Waals surface area contributed by atoms with Crippen LogP contribution in [-0.2, 0) is 6.54 Å². The first-order valence-electron chi connectivity index (χ1n) is 10.9. The van der Waals surface area contributed by atoms with Crippen molar-refractivity contribution in [2.45, 2.75) is 46.4 Å². The number of nitrogens with one attached hydrogen (secondary N) is 2. The van der Waals surface area contributed by atoms with E-state index in [1.807, 2.05) is 76.2 Å². The minimum atomic E-state index is -0.699. The molecule has 0 aliphatic rings. The molecule has 0 spiro atoms. The van der Waals surface area contributed by atoms with E-state index >= 15 is 0 Å². The Kier molecular flexibility index (Phi) is 8.27. The number of nitrogens with zero attached hydrogens (tertiary/aromatic N) is 2. The zero-order chi connectivity index (χ0) is 22.9. The molecule has 0 aliphatic carbocycles. The van der Waals surface area contributed by atoms with Crippen LogP contribution in [-0.4, -0.2) is 35.2 Å². The predicted octanol–water partition coefficient (Wildman–Crippen LogP) is 4.23. The average Bonchev–Trinajstić information content (AvgIpc) is 3.24. The van der Waals surface area contributed by atoms with Crippen LogP contribution in [0.5, 0.6) is 5.75 Å². The second-order valence-electron chi connectivity index (χ2n) is 7.84. The van der Waals surface area contributed by atoms with E-state index in [1.54, 1.807) is 6.26 Å². The van der Waals surface area contributed by atoms with Crippen molar-refractivity contribution in [3.05, 3.63) is 71.6 Å². The summed E-state index contributed by atoms with van der Waals surface area (Å²) in [5.74, 6) is 1.92. The third-order valence-corrected chi connectivity index (χ3v) is 4.67. The van der Waals surface area contributed by atoms with Gasteiger partial charge >= 0.3 is 0 Å². The Bertz CT molecular complexity index is 1010. The molecule has 7 heteroatoms. The first-order chi connectivity index (χ1) is 15.4. The monoisotopic (exact) mass is 436 g/mol. The van der Waals surface area contributed by atoms with Crippen LogP contribution in [0.1, 0.15) is 43.7 Å². The Labute approximate surface area is 189 Å². The molecule has 1 heterocycles. The van der Waals surface area contributed by atoms with E-state index in [0.29, 0.717) is 31.5 Å². The number of hydrogen-bond acceptors (Lipinski definition) is 5. The van der Waals surface area contributed by atoms with Crippen LogP contribution in [0, 0.1) is 6.92 Å². The number of oxazole rings is 1. The number of aliphatic hydroxyl groups excluding tert-OH is 1. The minimum Gasteiger partial charge on any atom is -0.491 e. The molecule has 0 aliphatic heterocycles. The minimum absolute atomic E-state index is 0.0797. The lowest BCUT2D eigenvalue weighted by atomic mass is 10.1. The van der Waals surface area contributed by atoms with Crippen LogP contribution in [0.2, 0.25) is 0 Å². The highest BCUT2D eigenvalue weighted by atomic mass is 16.5. The van der Waals surface area contributed by atoms with E-state index in [0.717, 1.165) is 22.6 Å². The predicted molar refractivity (Wildman–Crippen MR) is 127 cm³/mol. The van der Waals surface area contributed by atoms with Gasteiger partial charge in [-0.25, -0.2) is 9.98 Å². The lowest BCUT2D eigenvalue weighted by Crippen LogP contribution is -2.39. The highest BCUT2D eigenvalue weighted by molar-refractivity contribution is 5.79. The molecule has 0 saturated carbocycles. The fourth-order valence-electron chi connectivity index (χ4n) is 3.09. The third-order valence-electron chi connectivity index (χ3n) is 4.67. The summed E-state index contributed by atoms with van der Waals surface area (Å²) in [4.78, 5) is 9.09. The highest BCUT2D eigenvalue weighted by Gasteiger charge is 2.11. The molecule has 1 unspecified atom stereocenters. The summed E-state index contributed by atoms with van der Waals surface area (Å²) in [7, 11) is 0. The van der Waals surface area contributed by atoms with Gasteiger partial charge in [-0.2, -0.15) is 0 Å². The smallest absolute Gasteiger partial charge is 0.226 e. The van der Waals surface area contributed by atoms with Gasteiger partial charge in [0.1, 0.15) is 17.7 Å². The van der Waals surface area contributed by atoms with E-state index in [9.17, 15) is 5.11 Å². The quantitative estimate of drug-likeness (QED) is 0.344. The molecule has 0 bridgehead atoms. The number of guanidine groups is 1. The van der Waals surface area contributed by atoms with Gasteiger partial charge in [-0.15, -0.1) is 0 Å². The largest absolute Gasteiger partial charge is 0.491 e. The fraction of sp³-hybridized carbons (Fsp3) is 0.360. The molecule has 32 heavy (non-hydrogen) atoms. The molecule has 0 amide bonds. The van der Waals surface area contributed by atoms with Gasteiger partial charge in [0.05, 0.1) is 18.8 Å². The molecule has 3 aromatic rings. The number of aliphatic imine (C=N–C) groups is 1. The Morgan fingerprint density at radius 3 is 2.66 bits per heavy atom. The second-order valence-corrected chi connectivity index (χ2v) is 7.84. The standard InChI is InChI=1S/C25H32N4O3/c1-5-26-25(28-15-23(30)20-7-6-8-22(13-20)32-17(2)3)27-14-21-16-31-24(29-21)19-11-9-18(4)10-12-19/h6-13,16-17,23,30H,5,14-15H2,1-4H3,(H2,26,27,28). The summed E-state index contributed by atoms with van der Waals surface area (Å²) in [6.07, 6.45) is 1.00. The summed E-state index contributed by atoms with van der Waals surface area (Å²) in [5, 5.41) is 17.0. The van der Waals surface area contributed by atoms with Crippen molar-refractivity contribution in [2.75, 3.05) is 13.1 Å². The molecule has 0 saturated heterocycles. The highest BCUT2D eigenvalue weighted by Crippen LogP contribution is 2.21. The maximum atomic E-state index is 10.6. The Morgan fingerprint density at radius 2 is 1.94 bits per heavy atom. The zero-order valence-corrected chi connectivity index (χ0v) is 19.1. The third kappa shape index (κ3) is 6.85. The van der Waals surface area contributed by atoms with Crippen LogP contribution in [0.3, 0.4) is 0 Å². The van der Waals surface area contributed by atoms with Crippen molar-refractivity contribution < 1.29 is 14.3 Å². The summed E-state index contributed by atoms with van der Waals surface area (Å²) >= 11 is 0. The number of benzene rings is 2. The van der Waals surface area contributed by atoms with Crippen LogP contribution >= 0.6 is 0 Å². The van der Waals surface area contributed by atoms with Crippen molar-refractivity contribution in [2.24, 2.45) is 4.99 Å². The number of aryl methyl sites for hydroxylation is 1. The second kappa shape index (κ2) is 11.3. The normalized spacial score (nSPS) is 12.6. The van der Waals surface area contributed by atoms with E-state index in [4.69, 9.17) is 9.15 Å². The molecular weight excluding hydrogens is 404 g/mol. The summed E-state index contributed by atoms with van der Waals surface area (Å²) in [6, 6.07) is 15.5. The molecule has 0 fully saturated rings. The van der Waals surface area contributed by atoms with Crippen LogP contribution in [0.15, 0.2) is 64.2 Å². The fourth-order valence-corrected chi connectivity index (χ4v) is 3.09. The van der Waals surface area contributed by atoms with E-state index in [-0.39, 0.29) is 6.10 Å². The van der Waals surface area contributed by atoms with Crippen LogP contribution in [0.25, 0.3) is 11.5 Å². The lowest BCUT2D eigenvalue weighted by molar-refractivity contribution is 0.179. The number of ether oxygens (including phenoxy) is 1. The molecule has 2 aromatic carbocycles. The zero-order valence-electron chi connectivity index (χ0n) is 19.1. The van der Waals surface area contributed by atoms with Gasteiger partial charge < -0.3 is 24.9 Å². The van der Waals surface area contributed by atoms with Gasteiger partial charge in [0.15, 0.2) is 5.96 Å². The number of hydrogen-bond donors (Lipinski definition) is 3. The van der Waals surface area contributed by atoms with Gasteiger partial charge in [0, 0.05) is 18.7 Å². The van der Waals surface area contributed by atoms with Crippen molar-refractivity contribution in [1.29, 1.82) is 0 Å². The van der Waals surface area contributed by atoms with Gasteiger partial charge in [0.25, 0.3) is 0 Å². The average molecular weight is 437 g/mol. The Hall–Kier alpha value is -3.32. The Morgan fingerprint density at radius 1 is 1.16 bits per heavy atom. The molecular formula is C25H32N4O3. The van der Waals surface area contributed by atoms with E-state index in [2.05, 4.69) is 20.6 Å². The van der Waals surface area contributed by atoms with Crippen molar-refractivity contribution in [3.63, 3.8) is 0 Å². The first kappa shape index (κ1) is 23.3. The van der Waals surface area contributed by atoms with Gasteiger partial charge in [-0.3, -0.25) is 0 Å². The van der Waals surface area contributed by atoms with Crippen LogP contribution in [0.4, 0.5) is 0 Å². The molecule has 170 valence electrons. The molecule has 1 aromatic heterocycles. The molecule has 3 N–H and O–H groups in total. The van der Waals surface area contributed by atoms with Gasteiger partial charge in [0.2, 0.25) is 5.89 Å². The molecule has 7 nitrogen and oxygen atoms in total. The van der Waals surface area contributed by atoms with Crippen molar-refractivity contribution in [3.8, 4) is 17.2 Å². The van der Waals surface area contributed by atoms with Crippen LogP contribution < -0.4 is 15.4 Å². The summed E-state index contributed by atoms with van der Waals surface area (Å²) in [6.45, 7) is 9.36. The number of aliphatic hydroxyl groups is 1. The summed E-state index contributed by atoms with van der Waals surface area (Å²) in [5.41, 5.74) is 3.64. The molecule has 0 radical (unpaired) electrons. The van der Waals surface area contributed by atoms with Crippen molar-refractivity contribution in [1.82, 2.24) is 15.6 Å². The SMILES string of the molecule is CCNC(=NCc1coc(-c2ccc(C)cc2)n1)NCC(O)c1cccc(OC(C)C)c1. The van der Waals surface area contributed by atoms with Crippen molar-refractivity contribution >= 4 is 5.96 Å². The maximum Gasteiger partial charge on any atom is 0.226 e. The number of aromatic nitrogens is 1. The van der Waals surface area contributed by atoms with E-state index in [1.165, 1.54) is 5.56 Å². The van der Waals surface area contributed by atoms with Gasteiger partial charge in [-0.05, 0) is 57.5 Å². The number of rotatable bonds is 9. The Balaban J connectivity index is 1.60. The molecule has 1 atom stereocenters. The topological polar surface area (TPSA) is 91.9 Å². The lowest BCUT2D eigenvalue weighted by Gasteiger charge is -2.17. The van der Waals surface area contributed by atoms with Gasteiger partial charge in [-0.1, -0.05) is 29.8 Å². The molecule has 3 rings (SSSR count). The first-order valence-corrected chi connectivity index (χ1v) is 10.9. The summed E-state index contributed by atoms with van der Waals surface area (Å²) < 4.78 is 11.3. The van der Waals surface area contributed by atoms with E-state index < -0.39 is 6.10 Å². The maximum absolute atomic E-state index is 10.6.